The molecule has 74 valence electrons. The van der Waals surface area contributed by atoms with Gasteiger partial charge < -0.3 is 11.5 Å². The minimum atomic E-state index is -0.0532. The van der Waals surface area contributed by atoms with Gasteiger partial charge in [-0.25, -0.2) is 0 Å². The second-order valence-electron chi connectivity index (χ2n) is 2.84. The maximum absolute atomic E-state index is 5.82. The second-order valence-corrected chi connectivity index (χ2v) is 3.76. The highest BCUT2D eigenvalue weighted by Gasteiger charge is 2.06. The molecule has 0 saturated heterocycles. The third kappa shape index (κ3) is 3.27. The second kappa shape index (κ2) is 5.60. The third-order valence-electron chi connectivity index (χ3n) is 1.89. The molecule has 0 bridgehead atoms. The fraction of sp³-hybridized carbons (Fsp3) is 0.333. The van der Waals surface area contributed by atoms with Crippen LogP contribution in [0.3, 0.4) is 0 Å². The fourth-order valence-corrected chi connectivity index (χ4v) is 1.52. The molecule has 0 amide bonds. The Kier molecular flexibility index (Phi) is 5.56. The van der Waals surface area contributed by atoms with Crippen LogP contribution in [0.25, 0.3) is 0 Å². The minimum absolute atomic E-state index is 0. The van der Waals surface area contributed by atoms with Gasteiger partial charge in [0.1, 0.15) is 0 Å². The molecular formula is C9H14BrClN2. The number of hydrogen-bond donors (Lipinski definition) is 2. The predicted octanol–water partition coefficient (Wildman–Crippen LogP) is 2.14. The first-order valence-corrected chi connectivity index (χ1v) is 4.66. The lowest BCUT2D eigenvalue weighted by Gasteiger charge is -2.12. The van der Waals surface area contributed by atoms with Gasteiger partial charge in [-0.2, -0.15) is 0 Å². The molecule has 0 aliphatic carbocycles. The zero-order chi connectivity index (χ0) is 9.14. The van der Waals surface area contributed by atoms with E-state index in [2.05, 4.69) is 15.9 Å². The summed E-state index contributed by atoms with van der Waals surface area (Å²) in [5.41, 5.74) is 13.6. The summed E-state index contributed by atoms with van der Waals surface area (Å²) in [5, 5.41) is 0. The van der Waals surface area contributed by atoms with E-state index in [-0.39, 0.29) is 18.4 Å². The number of rotatable bonds is 2. The van der Waals surface area contributed by atoms with E-state index in [1.54, 1.807) is 0 Å². The highest BCUT2D eigenvalue weighted by Crippen LogP contribution is 2.20. The first-order chi connectivity index (χ1) is 5.65. The van der Waals surface area contributed by atoms with Crippen molar-refractivity contribution in [1.82, 2.24) is 0 Å². The van der Waals surface area contributed by atoms with Gasteiger partial charge in [0.05, 0.1) is 0 Å². The summed E-state index contributed by atoms with van der Waals surface area (Å²) < 4.78 is 1.05. The van der Waals surface area contributed by atoms with Gasteiger partial charge in [0.2, 0.25) is 0 Å². The van der Waals surface area contributed by atoms with E-state index in [9.17, 15) is 0 Å². The Morgan fingerprint density at radius 3 is 2.62 bits per heavy atom. The van der Waals surface area contributed by atoms with Crippen LogP contribution in [-0.4, -0.2) is 6.54 Å². The minimum Gasteiger partial charge on any atom is -0.329 e. The summed E-state index contributed by atoms with van der Waals surface area (Å²) in [4.78, 5) is 0. The van der Waals surface area contributed by atoms with Gasteiger partial charge in [0.25, 0.3) is 0 Å². The quantitative estimate of drug-likeness (QED) is 0.861. The van der Waals surface area contributed by atoms with Crippen LogP contribution in [0.1, 0.15) is 17.2 Å². The summed E-state index contributed by atoms with van der Waals surface area (Å²) in [6.07, 6.45) is 0. The molecule has 0 fully saturated rings. The molecule has 13 heavy (non-hydrogen) atoms. The smallest absolute Gasteiger partial charge is 0.0422 e. The molecule has 0 heterocycles. The largest absolute Gasteiger partial charge is 0.329 e. The normalized spacial score (nSPS) is 12.0. The summed E-state index contributed by atoms with van der Waals surface area (Å²) in [5.74, 6) is 0. The fourth-order valence-electron chi connectivity index (χ4n) is 1.14. The van der Waals surface area contributed by atoms with E-state index >= 15 is 0 Å². The first-order valence-electron chi connectivity index (χ1n) is 3.87. The van der Waals surface area contributed by atoms with E-state index in [4.69, 9.17) is 11.5 Å². The van der Waals surface area contributed by atoms with Crippen molar-refractivity contribution in [1.29, 1.82) is 0 Å². The molecule has 1 aromatic carbocycles. The van der Waals surface area contributed by atoms with E-state index in [1.807, 2.05) is 25.1 Å². The van der Waals surface area contributed by atoms with Crippen molar-refractivity contribution in [3.05, 3.63) is 33.8 Å². The van der Waals surface area contributed by atoms with Gasteiger partial charge in [0, 0.05) is 17.1 Å². The number of benzene rings is 1. The van der Waals surface area contributed by atoms with Crippen molar-refractivity contribution in [2.24, 2.45) is 11.5 Å². The van der Waals surface area contributed by atoms with Crippen molar-refractivity contribution < 1.29 is 0 Å². The lowest BCUT2D eigenvalue weighted by atomic mass is 10.0. The van der Waals surface area contributed by atoms with Crippen molar-refractivity contribution in [2.45, 2.75) is 13.0 Å². The highest BCUT2D eigenvalue weighted by molar-refractivity contribution is 9.10. The molecule has 0 radical (unpaired) electrons. The van der Waals surface area contributed by atoms with Crippen LogP contribution >= 0.6 is 28.3 Å². The molecule has 0 spiro atoms. The SMILES string of the molecule is Cc1ccc(Br)cc1[C@H](N)CN.Cl. The molecular weight excluding hydrogens is 251 g/mol. The number of nitrogens with two attached hydrogens (primary N) is 2. The van der Waals surface area contributed by atoms with Crippen LogP contribution in [0.15, 0.2) is 22.7 Å². The molecule has 0 saturated carbocycles. The summed E-state index contributed by atoms with van der Waals surface area (Å²) in [7, 11) is 0. The summed E-state index contributed by atoms with van der Waals surface area (Å²) in [6, 6.07) is 6.01. The van der Waals surface area contributed by atoms with Gasteiger partial charge in [-0.3, -0.25) is 0 Å². The average Bonchev–Trinajstić information content (AvgIpc) is 2.08. The lowest BCUT2D eigenvalue weighted by molar-refractivity contribution is 0.731. The Balaban J connectivity index is 0.00000144. The monoisotopic (exact) mass is 264 g/mol. The average molecular weight is 266 g/mol. The molecule has 4 heteroatoms. The van der Waals surface area contributed by atoms with Gasteiger partial charge in [0.15, 0.2) is 0 Å². The zero-order valence-electron chi connectivity index (χ0n) is 7.46. The Morgan fingerprint density at radius 2 is 2.08 bits per heavy atom. The topological polar surface area (TPSA) is 52.0 Å². The molecule has 4 N–H and O–H groups in total. The molecule has 0 aliphatic rings. The third-order valence-corrected chi connectivity index (χ3v) is 2.39. The van der Waals surface area contributed by atoms with Gasteiger partial charge in [-0.15, -0.1) is 12.4 Å². The molecule has 0 aromatic heterocycles. The van der Waals surface area contributed by atoms with Gasteiger partial charge in [-0.1, -0.05) is 22.0 Å². The van der Waals surface area contributed by atoms with E-state index in [1.165, 1.54) is 5.56 Å². The Hall–Kier alpha value is -0.0900. The summed E-state index contributed by atoms with van der Waals surface area (Å²) in [6.45, 7) is 2.52. The number of halogens is 2. The summed E-state index contributed by atoms with van der Waals surface area (Å²) >= 11 is 3.40. The van der Waals surface area contributed by atoms with Gasteiger partial charge in [-0.05, 0) is 30.2 Å². The Labute approximate surface area is 93.2 Å². The van der Waals surface area contributed by atoms with Crippen molar-refractivity contribution in [3.63, 3.8) is 0 Å². The van der Waals surface area contributed by atoms with Crippen LogP contribution in [-0.2, 0) is 0 Å². The van der Waals surface area contributed by atoms with Crippen LogP contribution in [0, 0.1) is 6.92 Å². The highest BCUT2D eigenvalue weighted by atomic mass is 79.9. The molecule has 2 nitrogen and oxygen atoms in total. The van der Waals surface area contributed by atoms with Crippen molar-refractivity contribution >= 4 is 28.3 Å². The van der Waals surface area contributed by atoms with Crippen LogP contribution in [0.4, 0.5) is 0 Å². The van der Waals surface area contributed by atoms with Crippen molar-refractivity contribution in [2.75, 3.05) is 6.54 Å². The zero-order valence-corrected chi connectivity index (χ0v) is 9.86. The number of aryl methyl sites for hydroxylation is 1. The maximum Gasteiger partial charge on any atom is 0.0422 e. The molecule has 0 unspecified atom stereocenters. The first kappa shape index (κ1) is 12.9. The van der Waals surface area contributed by atoms with E-state index in [0.717, 1.165) is 10.0 Å². The Bertz CT molecular complexity index is 278. The molecule has 0 aliphatic heterocycles. The predicted molar refractivity (Wildman–Crippen MR) is 62.1 cm³/mol. The van der Waals surface area contributed by atoms with Crippen LogP contribution in [0.2, 0.25) is 0 Å². The van der Waals surface area contributed by atoms with E-state index in [0.29, 0.717) is 6.54 Å². The molecule has 1 rings (SSSR count). The van der Waals surface area contributed by atoms with Gasteiger partial charge >= 0.3 is 0 Å². The lowest BCUT2D eigenvalue weighted by Crippen LogP contribution is -2.21. The standard InChI is InChI=1S/C9H13BrN2.ClH/c1-6-2-3-7(10)4-8(6)9(12)5-11;/h2-4,9H,5,11-12H2,1H3;1H/t9-;/m1./s1. The van der Waals surface area contributed by atoms with E-state index < -0.39 is 0 Å². The van der Waals surface area contributed by atoms with Crippen LogP contribution < -0.4 is 11.5 Å². The van der Waals surface area contributed by atoms with Crippen molar-refractivity contribution in [3.8, 4) is 0 Å². The number of hydrogen-bond acceptors (Lipinski definition) is 2. The molecule has 1 aromatic rings. The van der Waals surface area contributed by atoms with Crippen LogP contribution in [0.5, 0.6) is 0 Å². The molecule has 1 atom stereocenters. The maximum atomic E-state index is 5.82. The Morgan fingerprint density at radius 1 is 1.46 bits per heavy atom.